The van der Waals surface area contributed by atoms with Gasteiger partial charge in [-0.05, 0) is 37.8 Å². The number of nitrogens with one attached hydrogen (secondary N) is 1. The lowest BCUT2D eigenvalue weighted by molar-refractivity contribution is -0.141. The molecule has 1 saturated carbocycles. The van der Waals surface area contributed by atoms with Gasteiger partial charge in [-0.15, -0.1) is 0 Å². The summed E-state index contributed by atoms with van der Waals surface area (Å²) in [5.41, 5.74) is 0.203. The molecule has 1 N–H and O–H groups in total. The van der Waals surface area contributed by atoms with Crippen LogP contribution in [0.2, 0.25) is 0 Å². The van der Waals surface area contributed by atoms with Crippen LogP contribution in [0.4, 0.5) is 0 Å². The van der Waals surface area contributed by atoms with Crippen LogP contribution in [0.25, 0.3) is 0 Å². The van der Waals surface area contributed by atoms with E-state index in [2.05, 4.69) is 5.32 Å². The molecule has 2 amide bonds. The van der Waals surface area contributed by atoms with E-state index in [1.165, 1.54) is 4.90 Å². The van der Waals surface area contributed by atoms with Crippen LogP contribution in [0.1, 0.15) is 19.3 Å². The van der Waals surface area contributed by atoms with Gasteiger partial charge in [-0.1, -0.05) is 0 Å². The number of methoxy groups -OCH3 is 1. The van der Waals surface area contributed by atoms with Crippen molar-refractivity contribution in [2.24, 2.45) is 11.3 Å². The first-order valence-corrected chi connectivity index (χ1v) is 7.69. The molecular formula is C15H27N3O3. The predicted octanol–water partition coefficient (Wildman–Crippen LogP) is -0.0607. The van der Waals surface area contributed by atoms with Gasteiger partial charge in [0.25, 0.3) is 0 Å². The third-order valence-corrected chi connectivity index (χ3v) is 4.79. The molecule has 2 rings (SSSR count). The first-order valence-electron chi connectivity index (χ1n) is 7.69. The fraction of sp³-hybridized carbons (Fsp3) is 0.867. The second-order valence-corrected chi connectivity index (χ2v) is 6.41. The minimum Gasteiger partial charge on any atom is -0.383 e. The lowest BCUT2D eigenvalue weighted by Crippen LogP contribution is -2.43. The summed E-state index contributed by atoms with van der Waals surface area (Å²) < 4.78 is 5.07. The van der Waals surface area contributed by atoms with E-state index >= 15 is 0 Å². The van der Waals surface area contributed by atoms with Gasteiger partial charge in [-0.25, -0.2) is 0 Å². The van der Waals surface area contributed by atoms with Crippen LogP contribution in [0, 0.1) is 11.3 Å². The zero-order valence-electron chi connectivity index (χ0n) is 13.4. The Bertz CT molecular complexity index is 392. The molecule has 0 aromatic carbocycles. The van der Waals surface area contributed by atoms with Crippen LogP contribution in [0.5, 0.6) is 0 Å². The number of carbonyl (C=O) groups excluding carboxylic acids is 2. The van der Waals surface area contributed by atoms with Crippen molar-refractivity contribution in [1.29, 1.82) is 0 Å². The highest BCUT2D eigenvalue weighted by Gasteiger charge is 2.58. The molecule has 0 aromatic heterocycles. The summed E-state index contributed by atoms with van der Waals surface area (Å²) in [4.78, 5) is 27.8. The molecule has 0 aromatic rings. The molecule has 1 aliphatic carbocycles. The summed E-state index contributed by atoms with van der Waals surface area (Å²) in [6, 6.07) is 0. The molecule has 0 bridgehead atoms. The first kappa shape index (κ1) is 16.2. The van der Waals surface area contributed by atoms with Crippen molar-refractivity contribution in [2.75, 3.05) is 54.0 Å². The third kappa shape index (κ3) is 3.74. The van der Waals surface area contributed by atoms with Gasteiger partial charge < -0.3 is 19.9 Å². The predicted molar refractivity (Wildman–Crippen MR) is 79.8 cm³/mol. The van der Waals surface area contributed by atoms with Gasteiger partial charge in [0, 0.05) is 33.7 Å². The van der Waals surface area contributed by atoms with Gasteiger partial charge in [0.2, 0.25) is 11.8 Å². The number of rotatable bonds is 6. The molecule has 1 heterocycles. The minimum atomic E-state index is -0.0422. The second-order valence-electron chi connectivity index (χ2n) is 6.41. The van der Waals surface area contributed by atoms with Crippen molar-refractivity contribution in [2.45, 2.75) is 19.3 Å². The van der Waals surface area contributed by atoms with Gasteiger partial charge in [0.05, 0.1) is 13.2 Å². The monoisotopic (exact) mass is 297 g/mol. The summed E-state index contributed by atoms with van der Waals surface area (Å²) in [6.45, 7) is 3.10. The van der Waals surface area contributed by atoms with Gasteiger partial charge in [0.1, 0.15) is 0 Å². The lowest BCUT2D eigenvalue weighted by Gasteiger charge is -2.27. The largest absolute Gasteiger partial charge is 0.383 e. The van der Waals surface area contributed by atoms with Crippen molar-refractivity contribution in [3.8, 4) is 0 Å². The number of hydrogen-bond acceptors (Lipinski definition) is 4. The van der Waals surface area contributed by atoms with Crippen LogP contribution in [-0.2, 0) is 14.3 Å². The van der Waals surface area contributed by atoms with Crippen LogP contribution >= 0.6 is 0 Å². The Morgan fingerprint density at radius 1 is 1.29 bits per heavy atom. The highest BCUT2D eigenvalue weighted by atomic mass is 16.5. The van der Waals surface area contributed by atoms with E-state index in [9.17, 15) is 9.59 Å². The lowest BCUT2D eigenvalue weighted by atomic mass is 9.91. The molecular weight excluding hydrogens is 270 g/mol. The van der Waals surface area contributed by atoms with Gasteiger partial charge >= 0.3 is 0 Å². The molecule has 120 valence electrons. The van der Waals surface area contributed by atoms with Crippen LogP contribution in [0.15, 0.2) is 0 Å². The number of piperidine rings is 1. The average Bonchev–Trinajstić information content (AvgIpc) is 3.16. The van der Waals surface area contributed by atoms with Crippen molar-refractivity contribution < 1.29 is 14.3 Å². The zero-order valence-corrected chi connectivity index (χ0v) is 13.4. The van der Waals surface area contributed by atoms with Gasteiger partial charge in [0.15, 0.2) is 0 Å². The SMILES string of the molecule is COCCN(CC(=O)N(C)C)C(=O)C1CC12CCNCC2. The topological polar surface area (TPSA) is 61.9 Å². The Balaban J connectivity index is 1.96. The van der Waals surface area contributed by atoms with E-state index in [-0.39, 0.29) is 29.7 Å². The van der Waals surface area contributed by atoms with Crippen LogP contribution < -0.4 is 5.32 Å². The molecule has 0 radical (unpaired) electrons. The first-order chi connectivity index (χ1) is 10.00. The summed E-state index contributed by atoms with van der Waals surface area (Å²) in [6.07, 6.45) is 3.12. The fourth-order valence-corrected chi connectivity index (χ4v) is 3.17. The number of ether oxygens (including phenoxy) is 1. The summed E-state index contributed by atoms with van der Waals surface area (Å²) >= 11 is 0. The quantitative estimate of drug-likeness (QED) is 0.746. The summed E-state index contributed by atoms with van der Waals surface area (Å²) in [7, 11) is 5.04. The fourth-order valence-electron chi connectivity index (χ4n) is 3.17. The maximum atomic E-state index is 12.7. The Morgan fingerprint density at radius 2 is 1.95 bits per heavy atom. The minimum absolute atomic E-state index is 0.0422. The van der Waals surface area contributed by atoms with Crippen molar-refractivity contribution in [3.63, 3.8) is 0 Å². The van der Waals surface area contributed by atoms with Crippen molar-refractivity contribution in [1.82, 2.24) is 15.1 Å². The smallest absolute Gasteiger partial charge is 0.241 e. The maximum Gasteiger partial charge on any atom is 0.241 e. The molecule has 1 saturated heterocycles. The van der Waals surface area contributed by atoms with Gasteiger partial charge in [-0.3, -0.25) is 9.59 Å². The highest BCUT2D eigenvalue weighted by molar-refractivity contribution is 5.87. The third-order valence-electron chi connectivity index (χ3n) is 4.79. The van der Waals surface area contributed by atoms with E-state index in [0.717, 1.165) is 32.4 Å². The molecule has 1 aliphatic heterocycles. The summed E-state index contributed by atoms with van der Waals surface area (Å²) in [5, 5.41) is 3.34. The van der Waals surface area contributed by atoms with Crippen LogP contribution in [0.3, 0.4) is 0 Å². The average molecular weight is 297 g/mol. The van der Waals surface area contributed by atoms with Gasteiger partial charge in [-0.2, -0.15) is 0 Å². The molecule has 1 atom stereocenters. The molecule has 2 fully saturated rings. The van der Waals surface area contributed by atoms with E-state index in [4.69, 9.17) is 4.74 Å². The molecule has 6 heteroatoms. The normalized spacial score (nSPS) is 22.9. The Hall–Kier alpha value is -1.14. The second kappa shape index (κ2) is 6.75. The standard InChI is InChI=1S/C15H27N3O3/c1-17(2)13(19)11-18(8-9-21-3)14(20)12-10-15(12)4-6-16-7-5-15/h12,16H,4-11H2,1-3H3. The maximum absolute atomic E-state index is 12.7. The number of amides is 2. The Kier molecular flexibility index (Phi) is 5.22. The highest BCUT2D eigenvalue weighted by Crippen LogP contribution is 2.59. The number of hydrogen-bond donors (Lipinski definition) is 1. The van der Waals surface area contributed by atoms with Crippen LogP contribution in [-0.4, -0.2) is 75.6 Å². The van der Waals surface area contributed by atoms with Crippen molar-refractivity contribution >= 4 is 11.8 Å². The molecule has 1 unspecified atom stereocenters. The molecule has 21 heavy (non-hydrogen) atoms. The Labute approximate surface area is 126 Å². The number of likely N-dealkylation sites (N-methyl/N-ethyl adjacent to an activating group) is 1. The van der Waals surface area contributed by atoms with E-state index in [0.29, 0.717) is 13.2 Å². The Morgan fingerprint density at radius 3 is 2.52 bits per heavy atom. The van der Waals surface area contributed by atoms with Crippen molar-refractivity contribution in [3.05, 3.63) is 0 Å². The van der Waals surface area contributed by atoms with E-state index in [1.54, 1.807) is 26.1 Å². The summed E-state index contributed by atoms with van der Waals surface area (Å²) in [5.74, 6) is 0.190. The zero-order chi connectivity index (χ0) is 15.5. The van der Waals surface area contributed by atoms with E-state index < -0.39 is 0 Å². The number of nitrogens with zero attached hydrogens (tertiary/aromatic N) is 2. The molecule has 6 nitrogen and oxygen atoms in total. The van der Waals surface area contributed by atoms with E-state index in [1.807, 2.05) is 0 Å². The molecule has 1 spiro atoms. The molecule has 2 aliphatic rings. The number of carbonyl (C=O) groups is 2.